The number of thiophene rings is 1. The lowest BCUT2D eigenvalue weighted by Crippen LogP contribution is -2.29. The highest BCUT2D eigenvalue weighted by atomic mass is 35.5. The molecule has 1 aromatic heterocycles. The molecular formula is C23H17ClFNO4S. The van der Waals surface area contributed by atoms with Crippen LogP contribution in [0.1, 0.15) is 22.0 Å². The molecule has 0 saturated carbocycles. The van der Waals surface area contributed by atoms with Gasteiger partial charge in [0.15, 0.2) is 0 Å². The van der Waals surface area contributed by atoms with Crippen LogP contribution in [0.2, 0.25) is 5.02 Å². The van der Waals surface area contributed by atoms with E-state index in [9.17, 15) is 19.1 Å². The van der Waals surface area contributed by atoms with E-state index in [2.05, 4.69) is 0 Å². The van der Waals surface area contributed by atoms with E-state index in [0.29, 0.717) is 10.6 Å². The molecule has 31 heavy (non-hydrogen) atoms. The zero-order chi connectivity index (χ0) is 22.3. The fourth-order valence-electron chi connectivity index (χ4n) is 3.60. The third-order valence-electron chi connectivity index (χ3n) is 5.11. The molecule has 2 aromatic carbocycles. The number of aliphatic hydroxyl groups excluding tert-OH is 1. The molecule has 0 aliphatic carbocycles. The van der Waals surface area contributed by atoms with Gasteiger partial charge < -0.3 is 9.84 Å². The predicted octanol–water partition coefficient (Wildman–Crippen LogP) is 5.48. The van der Waals surface area contributed by atoms with Gasteiger partial charge in [-0.25, -0.2) is 4.39 Å². The lowest BCUT2D eigenvalue weighted by atomic mass is 9.98. The Hall–Kier alpha value is -3.16. The number of nitrogens with zero attached hydrogens (tertiary/aromatic N) is 1. The zero-order valence-corrected chi connectivity index (χ0v) is 18.1. The summed E-state index contributed by atoms with van der Waals surface area (Å²) in [4.78, 5) is 28.0. The van der Waals surface area contributed by atoms with Crippen LogP contribution in [0.4, 0.5) is 10.1 Å². The molecule has 1 amide bonds. The minimum absolute atomic E-state index is 0.116. The number of ketones is 1. The van der Waals surface area contributed by atoms with E-state index < -0.39 is 29.3 Å². The van der Waals surface area contributed by atoms with Gasteiger partial charge in [-0.15, -0.1) is 11.3 Å². The topological polar surface area (TPSA) is 66.8 Å². The van der Waals surface area contributed by atoms with Gasteiger partial charge in [0.1, 0.15) is 23.4 Å². The maximum Gasteiger partial charge on any atom is 0.300 e. The molecule has 4 rings (SSSR count). The first-order valence-corrected chi connectivity index (χ1v) is 10.5. The molecule has 0 radical (unpaired) electrons. The van der Waals surface area contributed by atoms with E-state index >= 15 is 0 Å². The van der Waals surface area contributed by atoms with E-state index in [1.165, 1.54) is 53.7 Å². The van der Waals surface area contributed by atoms with Crippen LogP contribution in [0.5, 0.6) is 5.75 Å². The Morgan fingerprint density at radius 1 is 1.19 bits per heavy atom. The summed E-state index contributed by atoms with van der Waals surface area (Å²) in [6, 6.07) is 11.0. The zero-order valence-electron chi connectivity index (χ0n) is 16.6. The van der Waals surface area contributed by atoms with Crippen molar-refractivity contribution in [1.29, 1.82) is 0 Å². The lowest BCUT2D eigenvalue weighted by Gasteiger charge is -2.25. The maximum absolute atomic E-state index is 13.9. The Morgan fingerprint density at radius 2 is 1.97 bits per heavy atom. The number of benzene rings is 2. The van der Waals surface area contributed by atoms with Crippen molar-refractivity contribution < 1.29 is 23.8 Å². The molecule has 1 fully saturated rings. The molecule has 3 aromatic rings. The molecule has 5 nitrogen and oxygen atoms in total. The summed E-state index contributed by atoms with van der Waals surface area (Å²) in [5, 5.41) is 13.2. The van der Waals surface area contributed by atoms with Crippen LogP contribution in [0.15, 0.2) is 59.5 Å². The fraction of sp³-hybridized carbons (Fsp3) is 0.130. The number of halogens is 2. The van der Waals surface area contributed by atoms with Gasteiger partial charge in [0.05, 0.1) is 17.7 Å². The number of amides is 1. The number of ether oxygens (including phenoxy) is 1. The molecule has 1 aliphatic heterocycles. The summed E-state index contributed by atoms with van der Waals surface area (Å²) in [5.41, 5.74) is 1.10. The number of aryl methyl sites for hydroxylation is 1. The number of methoxy groups -OCH3 is 1. The van der Waals surface area contributed by atoms with Crippen molar-refractivity contribution in [2.24, 2.45) is 0 Å². The smallest absolute Gasteiger partial charge is 0.300 e. The Morgan fingerprint density at radius 3 is 2.61 bits per heavy atom. The van der Waals surface area contributed by atoms with Crippen molar-refractivity contribution in [2.75, 3.05) is 12.0 Å². The van der Waals surface area contributed by atoms with Crippen LogP contribution in [-0.4, -0.2) is 23.9 Å². The molecule has 1 aliphatic rings. The van der Waals surface area contributed by atoms with Gasteiger partial charge in [0.25, 0.3) is 11.7 Å². The van der Waals surface area contributed by atoms with E-state index in [1.807, 2.05) is 18.4 Å². The van der Waals surface area contributed by atoms with Crippen LogP contribution >= 0.6 is 22.9 Å². The van der Waals surface area contributed by atoms with Gasteiger partial charge in [-0.1, -0.05) is 17.7 Å². The Kier molecular flexibility index (Phi) is 5.56. The van der Waals surface area contributed by atoms with Crippen molar-refractivity contribution in [3.63, 3.8) is 0 Å². The number of carbonyl (C=O) groups excluding carboxylic acids is 2. The summed E-state index contributed by atoms with van der Waals surface area (Å²) in [6.45, 7) is 1.84. The number of aliphatic hydroxyl groups is 1. The van der Waals surface area contributed by atoms with Gasteiger partial charge in [-0.2, -0.15) is 0 Å². The van der Waals surface area contributed by atoms with Crippen LogP contribution in [0, 0.1) is 12.7 Å². The normalized spacial score (nSPS) is 17.9. The van der Waals surface area contributed by atoms with Crippen LogP contribution in [-0.2, 0) is 9.59 Å². The first kappa shape index (κ1) is 21.1. The van der Waals surface area contributed by atoms with Crippen molar-refractivity contribution in [2.45, 2.75) is 13.0 Å². The van der Waals surface area contributed by atoms with Crippen LogP contribution in [0.25, 0.3) is 5.76 Å². The average Bonchev–Trinajstić information content (AvgIpc) is 3.28. The van der Waals surface area contributed by atoms with Crippen molar-refractivity contribution in [1.82, 2.24) is 0 Å². The predicted molar refractivity (Wildman–Crippen MR) is 118 cm³/mol. The van der Waals surface area contributed by atoms with Gasteiger partial charge in [0.2, 0.25) is 0 Å². The molecule has 1 atom stereocenters. The lowest BCUT2D eigenvalue weighted by molar-refractivity contribution is -0.132. The van der Waals surface area contributed by atoms with Gasteiger partial charge in [-0.05, 0) is 60.3 Å². The third kappa shape index (κ3) is 3.60. The van der Waals surface area contributed by atoms with E-state index in [4.69, 9.17) is 16.3 Å². The first-order chi connectivity index (χ1) is 14.8. The second-order valence-electron chi connectivity index (χ2n) is 6.96. The van der Waals surface area contributed by atoms with Gasteiger partial charge in [0, 0.05) is 16.1 Å². The van der Waals surface area contributed by atoms with E-state index in [0.717, 1.165) is 5.56 Å². The van der Waals surface area contributed by atoms with Crippen molar-refractivity contribution in [3.05, 3.63) is 86.3 Å². The highest BCUT2D eigenvalue weighted by Crippen LogP contribution is 2.45. The van der Waals surface area contributed by atoms with E-state index in [-0.39, 0.29) is 21.8 Å². The van der Waals surface area contributed by atoms with Crippen molar-refractivity contribution in [3.8, 4) is 5.75 Å². The Balaban J connectivity index is 1.99. The molecule has 1 N–H and O–H groups in total. The standard InChI is InChI=1S/C23H17ClFNO4S/c1-12-8-9-31-22(12)19-18(20(27)16-11-15(30-2)6-7-17(16)24)21(28)23(29)26(19)14-5-3-4-13(25)10-14/h3-11,19,27H,1-2H3/b20-18-. The minimum Gasteiger partial charge on any atom is -0.507 e. The quantitative estimate of drug-likeness (QED) is 0.320. The number of hydrogen-bond donors (Lipinski definition) is 1. The van der Waals surface area contributed by atoms with Crippen molar-refractivity contribution >= 4 is 46.1 Å². The number of rotatable bonds is 4. The molecule has 0 spiro atoms. The summed E-state index contributed by atoms with van der Waals surface area (Å²) in [6.07, 6.45) is 0. The molecule has 1 unspecified atom stereocenters. The summed E-state index contributed by atoms with van der Waals surface area (Å²) >= 11 is 7.62. The van der Waals surface area contributed by atoms with Crippen LogP contribution < -0.4 is 9.64 Å². The fourth-order valence-corrected chi connectivity index (χ4v) is 4.83. The monoisotopic (exact) mass is 457 g/mol. The SMILES string of the molecule is COc1ccc(Cl)c(/C(O)=C2/C(=O)C(=O)N(c3cccc(F)c3)C2c2sccc2C)c1. The second kappa shape index (κ2) is 8.17. The molecule has 1 saturated heterocycles. The summed E-state index contributed by atoms with van der Waals surface area (Å²) in [7, 11) is 1.46. The second-order valence-corrected chi connectivity index (χ2v) is 8.32. The van der Waals surface area contributed by atoms with Gasteiger partial charge in [-0.3, -0.25) is 14.5 Å². The highest BCUT2D eigenvalue weighted by Gasteiger charge is 2.48. The molecule has 2 heterocycles. The largest absolute Gasteiger partial charge is 0.507 e. The molecule has 8 heteroatoms. The molecule has 158 valence electrons. The third-order valence-corrected chi connectivity index (χ3v) is 6.51. The average molecular weight is 458 g/mol. The maximum atomic E-state index is 13.9. The van der Waals surface area contributed by atoms with Gasteiger partial charge >= 0.3 is 0 Å². The van der Waals surface area contributed by atoms with Crippen LogP contribution in [0.3, 0.4) is 0 Å². The number of hydrogen-bond acceptors (Lipinski definition) is 5. The number of anilines is 1. The molecular weight excluding hydrogens is 441 g/mol. The first-order valence-electron chi connectivity index (χ1n) is 9.28. The summed E-state index contributed by atoms with van der Waals surface area (Å²) < 4.78 is 19.1. The Bertz CT molecular complexity index is 1240. The Labute approximate surface area is 187 Å². The van der Waals surface area contributed by atoms with E-state index in [1.54, 1.807) is 12.1 Å². The minimum atomic E-state index is -0.927. The number of carbonyl (C=O) groups is 2. The highest BCUT2D eigenvalue weighted by molar-refractivity contribution is 7.10. The molecule has 0 bridgehead atoms. The number of Topliss-reactive ketones (excluding diaryl/α,β-unsaturated/α-hetero) is 1. The summed E-state index contributed by atoms with van der Waals surface area (Å²) in [5.74, 6) is -2.27.